The Balaban J connectivity index is -0.000000886. The molecule has 0 aliphatic rings. The molecule has 304 valence electrons. The van der Waals surface area contributed by atoms with E-state index in [1.54, 1.807) is 0 Å². The van der Waals surface area contributed by atoms with Crippen LogP contribution in [0.5, 0.6) is 0 Å². The molecule has 0 aliphatic carbocycles. The molecule has 10 nitrogen and oxygen atoms in total. The molecule has 0 amide bonds. The molecule has 0 saturated heterocycles. The molecule has 13 heteroatoms. The Morgan fingerprint density at radius 2 is 0.647 bits per heavy atom. The average Bonchev–Trinajstić information content (AvgIpc) is 3.05. The Kier molecular flexibility index (Phi) is 46.4. The third kappa shape index (κ3) is 55.4. The third-order valence-corrected chi connectivity index (χ3v) is 10.5. The first kappa shape index (κ1) is 56.3. The number of hydrogen-bond acceptors (Lipinski definition) is 10. The summed E-state index contributed by atoms with van der Waals surface area (Å²) in [4.78, 5) is 0. The predicted molar refractivity (Wildman–Crippen MR) is 213 cm³/mol. The van der Waals surface area contributed by atoms with Gasteiger partial charge in [0.2, 0.25) is 0 Å². The standard InChI is InChI=1S/2C19H41NO4S.Ca/c2*1-2-3-4-5-6-7-8-9-10-11-12-13-14-15-19(21)18-20-16-17-25(22,23)24;/h2*19-21H,2-18H2,1H3,(H,22,23,24);/q;;+2/p-2. The minimum absolute atomic E-state index is 0. The molecule has 0 aromatic carbocycles. The second-order valence-corrected chi connectivity index (χ2v) is 17.3. The maximum absolute atomic E-state index is 10.4. The van der Waals surface area contributed by atoms with Gasteiger partial charge in [0.15, 0.2) is 0 Å². The zero-order valence-corrected chi connectivity index (χ0v) is 36.9. The van der Waals surface area contributed by atoms with E-state index in [1.807, 2.05) is 0 Å². The van der Waals surface area contributed by atoms with Crippen LogP contribution in [0.1, 0.15) is 194 Å². The van der Waals surface area contributed by atoms with Gasteiger partial charge in [-0.1, -0.05) is 181 Å². The van der Waals surface area contributed by atoms with Gasteiger partial charge in [-0.15, -0.1) is 0 Å². The largest absolute Gasteiger partial charge is 2.00 e. The summed E-state index contributed by atoms with van der Waals surface area (Å²) in [5, 5.41) is 25.1. The zero-order chi connectivity index (χ0) is 37.6. The normalized spacial score (nSPS) is 13.0. The van der Waals surface area contributed by atoms with E-state index in [1.165, 1.54) is 141 Å². The number of nitrogens with one attached hydrogen (secondary N) is 2. The van der Waals surface area contributed by atoms with Gasteiger partial charge in [0.25, 0.3) is 0 Å². The molecule has 2 unspecified atom stereocenters. The van der Waals surface area contributed by atoms with E-state index in [0.717, 1.165) is 38.5 Å². The summed E-state index contributed by atoms with van der Waals surface area (Å²) in [5.41, 5.74) is 0. The van der Waals surface area contributed by atoms with E-state index >= 15 is 0 Å². The summed E-state index contributed by atoms with van der Waals surface area (Å²) in [7, 11) is -8.32. The van der Waals surface area contributed by atoms with Gasteiger partial charge < -0.3 is 30.0 Å². The van der Waals surface area contributed by atoms with Crippen LogP contribution in [0.15, 0.2) is 0 Å². The van der Waals surface area contributed by atoms with Crippen molar-refractivity contribution in [3.8, 4) is 0 Å². The van der Waals surface area contributed by atoms with Gasteiger partial charge in [0.05, 0.1) is 43.9 Å². The van der Waals surface area contributed by atoms with Gasteiger partial charge >= 0.3 is 37.7 Å². The Morgan fingerprint density at radius 3 is 0.863 bits per heavy atom. The Bertz CT molecular complexity index is 826. The molecule has 0 radical (unpaired) electrons. The van der Waals surface area contributed by atoms with Crippen LogP contribution in [0.4, 0.5) is 0 Å². The van der Waals surface area contributed by atoms with E-state index in [2.05, 4.69) is 24.5 Å². The fourth-order valence-corrected chi connectivity index (χ4v) is 6.72. The average molecular weight is 797 g/mol. The second kappa shape index (κ2) is 42.1. The summed E-state index contributed by atoms with van der Waals surface area (Å²) in [5.74, 6) is -0.836. The molecule has 4 N–H and O–H groups in total. The van der Waals surface area contributed by atoms with Crippen LogP contribution in [0, 0.1) is 0 Å². The Morgan fingerprint density at radius 1 is 0.431 bits per heavy atom. The third-order valence-electron chi connectivity index (χ3n) is 9.10. The van der Waals surface area contributed by atoms with Crippen molar-refractivity contribution in [2.45, 2.75) is 206 Å². The molecule has 0 fully saturated rings. The van der Waals surface area contributed by atoms with Crippen LogP contribution in [-0.2, 0) is 20.2 Å². The van der Waals surface area contributed by atoms with Crippen LogP contribution in [0.2, 0.25) is 0 Å². The SMILES string of the molecule is CCCCCCCCCCCCCCCC(O)CNCCS(=O)(=O)[O-].CCCCCCCCCCCCCCCC(O)CNCCS(=O)(=O)[O-].[Ca+2]. The van der Waals surface area contributed by atoms with Gasteiger partial charge in [-0.2, -0.15) is 0 Å². The summed E-state index contributed by atoms with van der Waals surface area (Å²) in [6.45, 7) is 5.44. The number of aliphatic hydroxyl groups is 2. The monoisotopic (exact) mass is 796 g/mol. The van der Waals surface area contributed by atoms with Gasteiger partial charge in [0.1, 0.15) is 0 Å². The van der Waals surface area contributed by atoms with Crippen LogP contribution >= 0.6 is 0 Å². The van der Waals surface area contributed by atoms with E-state index < -0.39 is 43.9 Å². The first-order valence-corrected chi connectivity index (χ1v) is 23.7. The van der Waals surface area contributed by atoms with Gasteiger partial charge in [-0.05, 0) is 12.8 Å². The van der Waals surface area contributed by atoms with E-state index in [-0.39, 0.29) is 50.8 Å². The van der Waals surface area contributed by atoms with E-state index in [4.69, 9.17) is 0 Å². The molecule has 2 atom stereocenters. The summed E-state index contributed by atoms with van der Waals surface area (Å²) in [6, 6.07) is 0. The summed E-state index contributed by atoms with van der Waals surface area (Å²) < 4.78 is 62.6. The zero-order valence-electron chi connectivity index (χ0n) is 33.1. The van der Waals surface area contributed by atoms with Gasteiger partial charge in [0, 0.05) is 26.2 Å². The number of aliphatic hydroxyl groups excluding tert-OH is 2. The number of hydrogen-bond donors (Lipinski definition) is 4. The van der Waals surface area contributed by atoms with Crippen molar-refractivity contribution in [3.63, 3.8) is 0 Å². The van der Waals surface area contributed by atoms with Gasteiger partial charge in [-0.25, -0.2) is 16.8 Å². The molecule has 0 bridgehead atoms. The summed E-state index contributed by atoms with van der Waals surface area (Å²) >= 11 is 0. The quantitative estimate of drug-likeness (QED) is 0.0277. The molecule has 0 spiro atoms. The minimum atomic E-state index is -4.16. The molecule has 0 rings (SSSR count). The fourth-order valence-electron chi connectivity index (χ4n) is 5.93. The topological polar surface area (TPSA) is 179 Å². The van der Waals surface area contributed by atoms with Crippen molar-refractivity contribution in [2.75, 3.05) is 37.7 Å². The van der Waals surface area contributed by atoms with Crippen LogP contribution in [0.3, 0.4) is 0 Å². The van der Waals surface area contributed by atoms with Crippen molar-refractivity contribution in [2.24, 2.45) is 0 Å². The first-order valence-electron chi connectivity index (χ1n) is 20.6. The van der Waals surface area contributed by atoms with E-state index in [0.29, 0.717) is 13.1 Å². The Labute approximate surface area is 345 Å². The van der Waals surface area contributed by atoms with Crippen LogP contribution in [-0.4, -0.2) is 124 Å². The minimum Gasteiger partial charge on any atom is -0.748 e. The fraction of sp³-hybridized carbons (Fsp3) is 1.00. The molecule has 0 aromatic heterocycles. The maximum atomic E-state index is 10.4. The first-order chi connectivity index (χ1) is 23.9. The molecular formula is C38H80CaN2O8S2. The van der Waals surface area contributed by atoms with Crippen molar-refractivity contribution in [1.82, 2.24) is 10.6 Å². The van der Waals surface area contributed by atoms with E-state index in [9.17, 15) is 36.2 Å². The molecule has 0 saturated carbocycles. The molecule has 0 heterocycles. The molecular weight excluding hydrogens is 717 g/mol. The van der Waals surface area contributed by atoms with Crippen molar-refractivity contribution >= 4 is 58.0 Å². The smallest absolute Gasteiger partial charge is 0.748 e. The molecule has 0 aliphatic heterocycles. The molecule has 0 aromatic rings. The van der Waals surface area contributed by atoms with Crippen LogP contribution in [0.25, 0.3) is 0 Å². The Hall–Kier alpha value is 0.920. The van der Waals surface area contributed by atoms with Crippen molar-refractivity contribution < 1.29 is 36.2 Å². The second-order valence-electron chi connectivity index (χ2n) is 14.3. The number of unbranched alkanes of at least 4 members (excludes halogenated alkanes) is 24. The number of rotatable bonds is 38. The van der Waals surface area contributed by atoms with Crippen LogP contribution < -0.4 is 10.6 Å². The maximum Gasteiger partial charge on any atom is 2.00 e. The van der Waals surface area contributed by atoms with Gasteiger partial charge in [-0.3, -0.25) is 0 Å². The van der Waals surface area contributed by atoms with Crippen molar-refractivity contribution in [3.05, 3.63) is 0 Å². The summed E-state index contributed by atoms with van der Waals surface area (Å²) in [6.07, 6.45) is 34.5. The molecule has 51 heavy (non-hydrogen) atoms. The predicted octanol–water partition coefficient (Wildman–Crippen LogP) is 7.55. The van der Waals surface area contributed by atoms with Crippen molar-refractivity contribution in [1.29, 1.82) is 0 Å².